The quantitative estimate of drug-likeness (QED) is 0.214. The van der Waals surface area contributed by atoms with Gasteiger partial charge in [0.25, 0.3) is 0 Å². The van der Waals surface area contributed by atoms with E-state index in [1.807, 2.05) is 0 Å². The first kappa shape index (κ1) is 34.2. The Kier molecular flexibility index (Phi) is 9.71. The number of benzene rings is 4. The van der Waals surface area contributed by atoms with Gasteiger partial charge in [0.05, 0.1) is 0 Å². The minimum atomic E-state index is -2.71. The summed E-state index contributed by atoms with van der Waals surface area (Å²) in [6, 6.07) is 28.3. The van der Waals surface area contributed by atoms with Gasteiger partial charge in [0, 0.05) is 0 Å². The molecule has 232 valence electrons. The molecule has 0 spiro atoms. The van der Waals surface area contributed by atoms with Crippen LogP contribution >= 0.6 is 0 Å². The van der Waals surface area contributed by atoms with Crippen molar-refractivity contribution in [2.75, 3.05) is 0 Å². The molecule has 2 atom stereocenters. The molecular formula is C42H46Cl2Zr. The number of halogens is 2. The van der Waals surface area contributed by atoms with Crippen LogP contribution in [-0.2, 0) is 20.3 Å². The summed E-state index contributed by atoms with van der Waals surface area (Å²) in [5.41, 5.74) is 21.0. The smallest absolute Gasteiger partial charge is 1.00 e. The Hall–Kier alpha value is -2.18. The zero-order chi connectivity index (χ0) is 30.2. The van der Waals surface area contributed by atoms with Gasteiger partial charge in [-0.25, -0.2) is 0 Å². The van der Waals surface area contributed by atoms with E-state index in [-0.39, 0.29) is 24.8 Å². The Balaban J connectivity index is 0.00000200. The fourth-order valence-electron chi connectivity index (χ4n) is 8.61. The molecule has 1 fully saturated rings. The van der Waals surface area contributed by atoms with Crippen LogP contribution in [0.5, 0.6) is 0 Å². The summed E-state index contributed by atoms with van der Waals surface area (Å²) in [5.74, 6) is 1.11. The maximum Gasteiger partial charge on any atom is -1.00 e. The van der Waals surface area contributed by atoms with E-state index < -0.39 is 20.3 Å². The molecule has 0 nitrogen and oxygen atoms in total. The number of hydrogen-bond acceptors (Lipinski definition) is 0. The molecule has 1 heterocycles. The maximum atomic E-state index is 2.59. The summed E-state index contributed by atoms with van der Waals surface area (Å²) in [5, 5.41) is 0. The third kappa shape index (κ3) is 5.60. The molecule has 7 rings (SSSR count). The Morgan fingerprint density at radius 3 is 1.18 bits per heavy atom. The van der Waals surface area contributed by atoms with E-state index in [4.69, 9.17) is 0 Å². The average molecular weight is 713 g/mol. The van der Waals surface area contributed by atoms with Gasteiger partial charge in [-0.05, 0) is 0 Å². The zero-order valence-electron chi connectivity index (χ0n) is 28.1. The molecule has 45 heavy (non-hydrogen) atoms. The number of hydrogen-bond donors (Lipinski definition) is 0. The second-order valence-corrected chi connectivity index (χ2v) is 25.8. The molecule has 4 aromatic carbocycles. The molecule has 0 saturated carbocycles. The Labute approximate surface area is 288 Å². The third-order valence-corrected chi connectivity index (χ3v) is 24.4. The summed E-state index contributed by atoms with van der Waals surface area (Å²) < 4.78 is 4.34. The van der Waals surface area contributed by atoms with Crippen molar-refractivity contribution in [3.63, 3.8) is 0 Å². The van der Waals surface area contributed by atoms with Crippen LogP contribution in [0.3, 0.4) is 0 Å². The normalized spacial score (nSPS) is 18.3. The predicted molar refractivity (Wildman–Crippen MR) is 184 cm³/mol. The fourth-order valence-corrected chi connectivity index (χ4v) is 26.8. The number of fused-ring (bicyclic) bond motifs is 2. The van der Waals surface area contributed by atoms with Crippen molar-refractivity contribution in [3.8, 4) is 22.3 Å². The SMILES string of the molecule is CC1=Cc2c(-c3ccc(C(C)C)cc3)ccc(C)c2[CH]1[Zr+2]1([CH]2C(C)=Cc3c(-c4ccc(C(C)C)cc4)ccc(C)c32)[CH2][CH2]1.[Cl-].[Cl-]. The molecule has 2 unspecified atom stereocenters. The van der Waals surface area contributed by atoms with E-state index in [0.29, 0.717) is 19.1 Å². The van der Waals surface area contributed by atoms with Crippen LogP contribution in [0.25, 0.3) is 34.4 Å². The molecule has 0 bridgehead atoms. The Morgan fingerprint density at radius 2 is 0.867 bits per heavy atom. The second-order valence-electron chi connectivity index (χ2n) is 14.4. The van der Waals surface area contributed by atoms with E-state index in [1.165, 1.54) is 63.9 Å². The van der Waals surface area contributed by atoms with Gasteiger partial charge in [-0.3, -0.25) is 0 Å². The summed E-state index contributed by atoms with van der Waals surface area (Å²) in [4.78, 5) is 0. The van der Waals surface area contributed by atoms with Gasteiger partial charge in [-0.1, -0.05) is 0 Å². The van der Waals surface area contributed by atoms with Crippen molar-refractivity contribution >= 4 is 12.2 Å². The molecule has 0 radical (unpaired) electrons. The largest absolute Gasteiger partial charge is 1.00 e. The van der Waals surface area contributed by atoms with Gasteiger partial charge in [0.15, 0.2) is 0 Å². The first-order valence-corrected chi connectivity index (χ1v) is 22.8. The summed E-state index contributed by atoms with van der Waals surface area (Å²) in [6.07, 6.45) is 5.17. The Morgan fingerprint density at radius 1 is 0.511 bits per heavy atom. The van der Waals surface area contributed by atoms with Crippen molar-refractivity contribution in [2.24, 2.45) is 0 Å². The van der Waals surface area contributed by atoms with E-state index in [9.17, 15) is 0 Å². The van der Waals surface area contributed by atoms with Gasteiger partial charge in [-0.2, -0.15) is 0 Å². The number of rotatable bonds is 6. The molecule has 4 aromatic rings. The van der Waals surface area contributed by atoms with Crippen LogP contribution in [0.2, 0.25) is 8.26 Å². The van der Waals surface area contributed by atoms with Gasteiger partial charge in [-0.15, -0.1) is 0 Å². The molecule has 3 heteroatoms. The molecule has 0 aromatic heterocycles. The van der Waals surface area contributed by atoms with Gasteiger partial charge in [0.1, 0.15) is 0 Å². The van der Waals surface area contributed by atoms with E-state index in [0.717, 1.165) is 0 Å². The molecule has 0 N–H and O–H groups in total. The first-order valence-electron chi connectivity index (χ1n) is 16.4. The zero-order valence-corrected chi connectivity index (χ0v) is 32.0. The second kappa shape index (κ2) is 12.8. The molecule has 2 aliphatic carbocycles. The molecule has 1 aliphatic heterocycles. The number of allylic oxidation sites excluding steroid dienone is 2. The van der Waals surface area contributed by atoms with Crippen LogP contribution < -0.4 is 24.8 Å². The van der Waals surface area contributed by atoms with Crippen molar-refractivity contribution in [1.29, 1.82) is 0 Å². The van der Waals surface area contributed by atoms with Crippen molar-refractivity contribution in [3.05, 3.63) is 128 Å². The van der Waals surface area contributed by atoms with Crippen LogP contribution in [0.1, 0.15) is 105 Å². The first-order chi connectivity index (χ1) is 20.6. The van der Waals surface area contributed by atoms with E-state index in [1.54, 1.807) is 22.3 Å². The van der Waals surface area contributed by atoms with Crippen molar-refractivity contribution in [2.45, 2.75) is 82.7 Å². The standard InChI is InChI=1S/2C20H21.C2H4.2ClH.Zr/c2*1-13(2)16-6-8-17(9-7-16)18-10-5-15(4)19-11-14(3)12-20(18)19;1-2;;;/h2*5-13H,1-4H3;1-2H2;2*1H;/q;;;;;+2/p-2. The fraction of sp³-hybridized carbons (Fsp3) is 0.333. The summed E-state index contributed by atoms with van der Waals surface area (Å²) >= 11 is -2.71. The van der Waals surface area contributed by atoms with Gasteiger partial charge < -0.3 is 24.8 Å². The minimum Gasteiger partial charge on any atom is -1.00 e. The van der Waals surface area contributed by atoms with Crippen molar-refractivity contribution < 1.29 is 45.1 Å². The topological polar surface area (TPSA) is 0 Å². The van der Waals surface area contributed by atoms with E-state index in [2.05, 4.69) is 140 Å². The molecular weight excluding hydrogens is 667 g/mol. The summed E-state index contributed by atoms with van der Waals surface area (Å²) in [7, 11) is 0. The maximum absolute atomic E-state index is 2.71. The Bertz CT molecular complexity index is 1670. The third-order valence-electron chi connectivity index (χ3n) is 11.0. The monoisotopic (exact) mass is 710 g/mol. The van der Waals surface area contributed by atoms with E-state index >= 15 is 0 Å². The summed E-state index contributed by atoms with van der Waals surface area (Å²) in [6.45, 7) is 18.8. The van der Waals surface area contributed by atoms with Crippen LogP contribution in [0, 0.1) is 13.8 Å². The predicted octanol–water partition coefficient (Wildman–Crippen LogP) is 6.51. The number of aryl methyl sites for hydroxylation is 2. The average Bonchev–Trinajstić information content (AvgIpc) is 3.56. The van der Waals surface area contributed by atoms with Crippen LogP contribution in [-0.4, -0.2) is 0 Å². The molecule has 1 saturated heterocycles. The van der Waals surface area contributed by atoms with Crippen molar-refractivity contribution in [1.82, 2.24) is 0 Å². The van der Waals surface area contributed by atoms with Gasteiger partial charge in [0.2, 0.25) is 0 Å². The molecule has 0 amide bonds. The minimum absolute atomic E-state index is 0. The van der Waals surface area contributed by atoms with Crippen LogP contribution in [0.15, 0.2) is 83.9 Å². The van der Waals surface area contributed by atoms with Crippen LogP contribution in [0.4, 0.5) is 0 Å². The molecule has 3 aliphatic rings. The van der Waals surface area contributed by atoms with Gasteiger partial charge >= 0.3 is 266 Å².